The lowest BCUT2D eigenvalue weighted by Gasteiger charge is -2.31. The standard InChI is InChI=1S/C26H20F2N4O4S/c27-16-7-6-15(18(28)9-16)8-21-30-31-26(37-21)17-10-32-20-13-35-12-19(20)29-25(34)22(32)24(23(17)33)36-11-14-4-2-1-3-5-14/h1-7,9-10,19-20H,8,11-13H2,(H,29,34)/t19-,20-/m1/s1. The van der Waals surface area contributed by atoms with Crippen molar-refractivity contribution < 1.29 is 23.0 Å². The quantitative estimate of drug-likeness (QED) is 0.417. The highest BCUT2D eigenvalue weighted by atomic mass is 32.1. The summed E-state index contributed by atoms with van der Waals surface area (Å²) in [5, 5.41) is 12.0. The van der Waals surface area contributed by atoms with Crippen molar-refractivity contribution >= 4 is 17.2 Å². The van der Waals surface area contributed by atoms with E-state index in [4.69, 9.17) is 9.47 Å². The van der Waals surface area contributed by atoms with Gasteiger partial charge in [0.1, 0.15) is 23.2 Å². The second-order valence-electron chi connectivity index (χ2n) is 8.83. The summed E-state index contributed by atoms with van der Waals surface area (Å²) < 4.78 is 40.7. The molecule has 11 heteroatoms. The van der Waals surface area contributed by atoms with Gasteiger partial charge in [0.15, 0.2) is 16.5 Å². The highest BCUT2D eigenvalue weighted by molar-refractivity contribution is 7.14. The number of nitrogens with one attached hydrogen (secondary N) is 1. The van der Waals surface area contributed by atoms with Crippen LogP contribution in [0.4, 0.5) is 8.78 Å². The summed E-state index contributed by atoms with van der Waals surface area (Å²) in [6.07, 6.45) is 1.69. The van der Waals surface area contributed by atoms with Gasteiger partial charge in [0.25, 0.3) is 5.91 Å². The molecule has 2 aromatic carbocycles. The molecule has 6 rings (SSSR count). The second kappa shape index (κ2) is 9.49. The van der Waals surface area contributed by atoms with Gasteiger partial charge in [-0.15, -0.1) is 10.2 Å². The van der Waals surface area contributed by atoms with E-state index in [-0.39, 0.29) is 47.7 Å². The average molecular weight is 523 g/mol. The van der Waals surface area contributed by atoms with Crippen LogP contribution in [-0.4, -0.2) is 39.9 Å². The van der Waals surface area contributed by atoms with E-state index < -0.39 is 23.0 Å². The number of halogens is 2. The molecule has 2 aliphatic rings. The molecule has 188 valence electrons. The van der Waals surface area contributed by atoms with Gasteiger partial charge in [-0.2, -0.15) is 0 Å². The van der Waals surface area contributed by atoms with Crippen molar-refractivity contribution in [2.75, 3.05) is 13.2 Å². The van der Waals surface area contributed by atoms with Crippen molar-refractivity contribution in [2.45, 2.75) is 25.1 Å². The summed E-state index contributed by atoms with van der Waals surface area (Å²) in [5.74, 6) is -1.84. The lowest BCUT2D eigenvalue weighted by atomic mass is 10.0. The molecular weight excluding hydrogens is 502 g/mol. The summed E-state index contributed by atoms with van der Waals surface area (Å²) >= 11 is 1.12. The molecule has 1 amide bonds. The molecule has 8 nitrogen and oxygen atoms in total. The molecule has 1 saturated heterocycles. The number of nitrogens with zero attached hydrogens (tertiary/aromatic N) is 3. The van der Waals surface area contributed by atoms with Gasteiger partial charge in [0, 0.05) is 18.7 Å². The number of hydrogen-bond acceptors (Lipinski definition) is 7. The number of fused-ring (bicyclic) bond motifs is 3. The maximum Gasteiger partial charge on any atom is 0.272 e. The van der Waals surface area contributed by atoms with Gasteiger partial charge >= 0.3 is 0 Å². The molecule has 0 unspecified atom stereocenters. The van der Waals surface area contributed by atoms with Crippen LogP contribution in [-0.2, 0) is 17.8 Å². The summed E-state index contributed by atoms with van der Waals surface area (Å²) in [6.45, 7) is 0.822. The molecule has 2 atom stereocenters. The Morgan fingerprint density at radius 2 is 1.95 bits per heavy atom. The molecule has 0 bridgehead atoms. The molecule has 4 aromatic rings. The fourth-order valence-corrected chi connectivity index (χ4v) is 5.43. The lowest BCUT2D eigenvalue weighted by Crippen LogP contribution is -2.48. The number of aromatic nitrogens is 3. The van der Waals surface area contributed by atoms with Crippen LogP contribution in [0.5, 0.6) is 5.75 Å². The Hall–Kier alpha value is -3.96. The normalized spacial score (nSPS) is 18.3. The van der Waals surface area contributed by atoms with Crippen molar-refractivity contribution in [1.82, 2.24) is 20.1 Å². The summed E-state index contributed by atoms with van der Waals surface area (Å²) in [6, 6.07) is 12.2. The maximum atomic E-state index is 14.2. The minimum Gasteiger partial charge on any atom is -0.483 e. The Kier molecular flexibility index (Phi) is 6.01. The molecule has 1 N–H and O–H groups in total. The highest BCUT2D eigenvalue weighted by Crippen LogP contribution is 2.33. The summed E-state index contributed by atoms with van der Waals surface area (Å²) in [4.78, 5) is 26.7. The van der Waals surface area contributed by atoms with Gasteiger partial charge in [-0.25, -0.2) is 8.78 Å². The summed E-state index contributed by atoms with van der Waals surface area (Å²) in [5.41, 5.74) is 0.958. The zero-order chi connectivity index (χ0) is 25.5. The van der Waals surface area contributed by atoms with Crippen LogP contribution in [0.3, 0.4) is 0 Å². The van der Waals surface area contributed by atoms with Crippen LogP contribution in [0.25, 0.3) is 10.6 Å². The third kappa shape index (κ3) is 4.40. The fourth-order valence-electron chi connectivity index (χ4n) is 4.56. The van der Waals surface area contributed by atoms with E-state index in [1.54, 1.807) is 10.8 Å². The number of carbonyl (C=O) groups is 1. The zero-order valence-corrected chi connectivity index (χ0v) is 20.1. The monoisotopic (exact) mass is 522 g/mol. The molecule has 0 spiro atoms. The maximum absolute atomic E-state index is 14.2. The smallest absolute Gasteiger partial charge is 0.272 e. The Morgan fingerprint density at radius 3 is 2.76 bits per heavy atom. The number of rotatable bonds is 6. The van der Waals surface area contributed by atoms with Crippen molar-refractivity contribution in [2.24, 2.45) is 0 Å². The van der Waals surface area contributed by atoms with Crippen LogP contribution < -0.4 is 15.5 Å². The number of hydrogen-bond donors (Lipinski definition) is 1. The summed E-state index contributed by atoms with van der Waals surface area (Å²) in [7, 11) is 0. The first-order valence-electron chi connectivity index (χ1n) is 11.6. The molecule has 2 aromatic heterocycles. The molecular formula is C26H20F2N4O4S. The van der Waals surface area contributed by atoms with E-state index in [0.29, 0.717) is 23.2 Å². The first-order valence-corrected chi connectivity index (χ1v) is 12.4. The fraction of sp³-hybridized carbons (Fsp3) is 0.231. The Balaban J connectivity index is 1.41. The third-order valence-corrected chi connectivity index (χ3v) is 7.37. The Labute approximate surface area is 213 Å². The van der Waals surface area contributed by atoms with E-state index in [2.05, 4.69) is 15.5 Å². The molecule has 2 aliphatic heterocycles. The first kappa shape index (κ1) is 23.4. The van der Waals surface area contributed by atoms with Crippen LogP contribution in [0.1, 0.15) is 32.7 Å². The van der Waals surface area contributed by atoms with Crippen molar-refractivity contribution in [3.63, 3.8) is 0 Å². The number of pyridine rings is 1. The number of benzene rings is 2. The predicted molar refractivity (Wildman–Crippen MR) is 131 cm³/mol. The van der Waals surface area contributed by atoms with Gasteiger partial charge in [0.2, 0.25) is 5.43 Å². The topological polar surface area (TPSA) is 95.3 Å². The van der Waals surface area contributed by atoms with Gasteiger partial charge < -0.3 is 19.4 Å². The van der Waals surface area contributed by atoms with Gasteiger partial charge in [0.05, 0.1) is 30.9 Å². The van der Waals surface area contributed by atoms with E-state index in [0.717, 1.165) is 23.0 Å². The molecule has 0 saturated carbocycles. The minimum atomic E-state index is -0.680. The van der Waals surface area contributed by atoms with Crippen molar-refractivity contribution in [1.29, 1.82) is 0 Å². The number of amides is 1. The molecule has 4 heterocycles. The van der Waals surface area contributed by atoms with E-state index >= 15 is 0 Å². The highest BCUT2D eigenvalue weighted by Gasteiger charge is 2.40. The zero-order valence-electron chi connectivity index (χ0n) is 19.3. The Bertz CT molecular complexity index is 1560. The van der Waals surface area contributed by atoms with Crippen LogP contribution in [0.15, 0.2) is 59.5 Å². The Morgan fingerprint density at radius 1 is 1.11 bits per heavy atom. The molecule has 0 radical (unpaired) electrons. The largest absolute Gasteiger partial charge is 0.483 e. The van der Waals surface area contributed by atoms with Crippen molar-refractivity contribution in [3.8, 4) is 16.3 Å². The first-order chi connectivity index (χ1) is 18.0. The van der Waals surface area contributed by atoms with Gasteiger partial charge in [-0.3, -0.25) is 9.59 Å². The number of ether oxygens (including phenoxy) is 2. The van der Waals surface area contributed by atoms with E-state index in [1.807, 2.05) is 30.3 Å². The third-order valence-electron chi connectivity index (χ3n) is 6.41. The van der Waals surface area contributed by atoms with Crippen LogP contribution >= 0.6 is 11.3 Å². The molecule has 1 fully saturated rings. The number of carbonyl (C=O) groups excluding carboxylic acids is 1. The van der Waals surface area contributed by atoms with Crippen LogP contribution in [0, 0.1) is 11.6 Å². The molecule has 0 aliphatic carbocycles. The SMILES string of the molecule is O=C1N[C@@H]2COC[C@H]2n2cc(-c3nnc(Cc4ccc(F)cc4F)s3)c(=O)c(OCc3ccccc3)c21. The van der Waals surface area contributed by atoms with Gasteiger partial charge in [-0.1, -0.05) is 47.7 Å². The predicted octanol–water partition coefficient (Wildman–Crippen LogP) is 3.50. The minimum absolute atomic E-state index is 0.0782. The van der Waals surface area contributed by atoms with Crippen molar-refractivity contribution in [3.05, 3.63) is 98.4 Å². The van der Waals surface area contributed by atoms with E-state index in [9.17, 15) is 18.4 Å². The lowest BCUT2D eigenvalue weighted by molar-refractivity contribution is 0.0883. The second-order valence-corrected chi connectivity index (χ2v) is 9.89. The molecule has 37 heavy (non-hydrogen) atoms. The van der Waals surface area contributed by atoms with Crippen LogP contribution in [0.2, 0.25) is 0 Å². The van der Waals surface area contributed by atoms with E-state index in [1.165, 1.54) is 12.1 Å². The van der Waals surface area contributed by atoms with Gasteiger partial charge in [-0.05, 0) is 17.2 Å². The average Bonchev–Trinajstić information content (AvgIpc) is 3.55.